The zero-order valence-corrected chi connectivity index (χ0v) is 18.9. The molecule has 0 bridgehead atoms. The molecule has 1 amide bonds. The Balaban J connectivity index is 1.77. The molecule has 1 atom stereocenters. The van der Waals surface area contributed by atoms with Gasteiger partial charge in [0.25, 0.3) is 11.6 Å². The van der Waals surface area contributed by atoms with Gasteiger partial charge in [-0.1, -0.05) is 11.6 Å². The van der Waals surface area contributed by atoms with E-state index >= 15 is 0 Å². The summed E-state index contributed by atoms with van der Waals surface area (Å²) in [7, 11) is 1.36. The van der Waals surface area contributed by atoms with E-state index in [2.05, 4.69) is 15.4 Å². The smallest absolute Gasteiger partial charge is 0.359 e. The summed E-state index contributed by atoms with van der Waals surface area (Å²) in [6.07, 6.45) is -1.30. The molecule has 0 spiro atoms. The lowest BCUT2D eigenvalue weighted by Crippen LogP contribution is -2.30. The van der Waals surface area contributed by atoms with Gasteiger partial charge in [-0.25, -0.2) is 14.5 Å². The lowest BCUT2D eigenvalue weighted by atomic mass is 10.2. The van der Waals surface area contributed by atoms with Gasteiger partial charge in [0.1, 0.15) is 11.4 Å². The summed E-state index contributed by atoms with van der Waals surface area (Å²) in [4.78, 5) is 40.0. The molecule has 11 nitrogen and oxygen atoms in total. The zero-order valence-electron chi connectivity index (χ0n) is 18.2. The number of hydrogen-bond acceptors (Lipinski definition) is 8. The quantitative estimate of drug-likeness (QED) is 0.311. The van der Waals surface area contributed by atoms with Gasteiger partial charge in [-0.05, 0) is 51.1 Å². The van der Waals surface area contributed by atoms with Crippen LogP contribution in [0, 0.1) is 24.0 Å². The molecule has 1 N–H and O–H groups in total. The summed E-state index contributed by atoms with van der Waals surface area (Å²) >= 11 is 6.12. The number of carbonyl (C=O) groups excluding carboxylic acids is 2. The molecule has 172 valence electrons. The first kappa shape index (κ1) is 23.7. The average Bonchev–Trinajstić information content (AvgIpc) is 3.11. The van der Waals surface area contributed by atoms with Crippen LogP contribution in [0.2, 0.25) is 5.02 Å². The third-order valence-electron chi connectivity index (χ3n) is 4.56. The Kier molecular flexibility index (Phi) is 6.92. The summed E-state index contributed by atoms with van der Waals surface area (Å²) in [6, 6.07) is 8.85. The van der Waals surface area contributed by atoms with Crippen molar-refractivity contribution in [3.63, 3.8) is 0 Å². The second-order valence-corrected chi connectivity index (χ2v) is 7.42. The van der Waals surface area contributed by atoms with Crippen LogP contribution in [0.3, 0.4) is 0 Å². The predicted molar refractivity (Wildman–Crippen MR) is 119 cm³/mol. The van der Waals surface area contributed by atoms with Crippen LogP contribution < -0.4 is 10.1 Å². The number of ether oxygens (including phenoxy) is 2. The van der Waals surface area contributed by atoms with E-state index < -0.39 is 22.9 Å². The Labute approximate surface area is 193 Å². The van der Waals surface area contributed by atoms with Crippen molar-refractivity contribution in [1.29, 1.82) is 0 Å². The number of nitro benzene ring substituents is 1. The molecule has 3 aromatic rings. The molecule has 2 heterocycles. The van der Waals surface area contributed by atoms with E-state index in [1.165, 1.54) is 38.3 Å². The largest absolute Gasteiger partial charge is 0.496 e. The maximum Gasteiger partial charge on any atom is 0.359 e. The number of pyridine rings is 1. The molecule has 0 aliphatic heterocycles. The Morgan fingerprint density at radius 2 is 1.94 bits per heavy atom. The number of aromatic nitrogens is 3. The molecule has 0 aliphatic carbocycles. The number of carbonyl (C=O) groups is 2. The number of nitrogens with one attached hydrogen (secondary N) is 1. The minimum Gasteiger partial charge on any atom is -0.496 e. The summed E-state index contributed by atoms with van der Waals surface area (Å²) in [5, 5.41) is 18.0. The summed E-state index contributed by atoms with van der Waals surface area (Å²) in [5.41, 5.74) is 0.929. The molecular formula is C21H20ClN5O6. The van der Waals surface area contributed by atoms with Crippen LogP contribution in [0.5, 0.6) is 5.75 Å². The first-order chi connectivity index (χ1) is 15.6. The van der Waals surface area contributed by atoms with Crippen molar-refractivity contribution < 1.29 is 24.0 Å². The minimum atomic E-state index is -1.30. The molecule has 0 saturated heterocycles. The molecule has 0 radical (unpaired) electrons. The number of rotatable bonds is 7. The molecule has 1 aromatic carbocycles. The number of aryl methyl sites for hydroxylation is 2. The summed E-state index contributed by atoms with van der Waals surface area (Å²) < 4.78 is 11.7. The number of nitro groups is 1. The normalized spacial score (nSPS) is 11.5. The first-order valence-corrected chi connectivity index (χ1v) is 10.0. The molecule has 0 saturated carbocycles. The Morgan fingerprint density at radius 3 is 2.55 bits per heavy atom. The molecule has 0 aliphatic rings. The van der Waals surface area contributed by atoms with E-state index in [-0.39, 0.29) is 27.8 Å². The molecule has 12 heteroatoms. The Bertz CT molecular complexity index is 1240. The number of benzene rings is 1. The number of amides is 1. The highest BCUT2D eigenvalue weighted by Crippen LogP contribution is 2.29. The number of nitrogens with zero attached hydrogens (tertiary/aromatic N) is 4. The van der Waals surface area contributed by atoms with E-state index in [0.717, 1.165) is 11.4 Å². The van der Waals surface area contributed by atoms with Crippen molar-refractivity contribution in [1.82, 2.24) is 14.8 Å². The van der Waals surface area contributed by atoms with Gasteiger partial charge in [0.05, 0.1) is 28.8 Å². The fourth-order valence-electron chi connectivity index (χ4n) is 2.95. The van der Waals surface area contributed by atoms with Crippen molar-refractivity contribution >= 4 is 34.9 Å². The highest BCUT2D eigenvalue weighted by molar-refractivity contribution is 6.33. The van der Waals surface area contributed by atoms with Gasteiger partial charge >= 0.3 is 5.97 Å². The third-order valence-corrected chi connectivity index (χ3v) is 4.87. The summed E-state index contributed by atoms with van der Waals surface area (Å²) in [5.74, 6) is -1.11. The number of anilines is 1. The SMILES string of the molecule is COc1ccc(NC(=O)C(C)OC(=O)c2nc(-n3nc(C)cc3C)ccc2Cl)c([N+](=O)[O-])c1. The van der Waals surface area contributed by atoms with Crippen LogP contribution in [-0.4, -0.2) is 44.8 Å². The maximum atomic E-state index is 12.7. The average molecular weight is 474 g/mol. The standard InChI is InChI=1S/C21H20ClN5O6/c1-11-9-12(2)26(25-11)18-8-6-15(22)19(24-18)21(29)33-13(3)20(28)23-16-7-5-14(32-4)10-17(16)27(30)31/h5-10,13H,1-4H3,(H,23,28). The van der Waals surface area contributed by atoms with Gasteiger partial charge in [-0.3, -0.25) is 14.9 Å². The van der Waals surface area contributed by atoms with Crippen LogP contribution in [0.4, 0.5) is 11.4 Å². The zero-order chi connectivity index (χ0) is 24.3. The van der Waals surface area contributed by atoms with Crippen LogP contribution in [0.25, 0.3) is 5.82 Å². The van der Waals surface area contributed by atoms with Gasteiger partial charge in [0.2, 0.25) is 0 Å². The molecule has 33 heavy (non-hydrogen) atoms. The Hall–Kier alpha value is -3.99. The van der Waals surface area contributed by atoms with Gasteiger partial charge in [-0.2, -0.15) is 5.10 Å². The van der Waals surface area contributed by atoms with Gasteiger partial charge in [-0.15, -0.1) is 0 Å². The van der Waals surface area contributed by atoms with Crippen LogP contribution >= 0.6 is 11.6 Å². The van der Waals surface area contributed by atoms with Gasteiger partial charge in [0.15, 0.2) is 17.6 Å². The van der Waals surface area contributed by atoms with E-state index in [4.69, 9.17) is 21.1 Å². The lowest BCUT2D eigenvalue weighted by molar-refractivity contribution is -0.384. The van der Waals surface area contributed by atoms with Crippen molar-refractivity contribution in [3.8, 4) is 11.6 Å². The van der Waals surface area contributed by atoms with E-state index in [9.17, 15) is 19.7 Å². The van der Waals surface area contributed by atoms with Gasteiger partial charge in [0, 0.05) is 5.69 Å². The molecule has 1 unspecified atom stereocenters. The highest BCUT2D eigenvalue weighted by Gasteiger charge is 2.25. The van der Waals surface area contributed by atoms with Crippen molar-refractivity contribution in [3.05, 3.63) is 68.6 Å². The monoisotopic (exact) mass is 473 g/mol. The van der Waals surface area contributed by atoms with E-state index in [1.54, 1.807) is 10.7 Å². The van der Waals surface area contributed by atoms with Crippen LogP contribution in [-0.2, 0) is 9.53 Å². The van der Waals surface area contributed by atoms with Gasteiger partial charge < -0.3 is 14.8 Å². The number of hydrogen-bond donors (Lipinski definition) is 1. The van der Waals surface area contributed by atoms with Crippen LogP contribution in [0.15, 0.2) is 36.4 Å². The summed E-state index contributed by atoms with van der Waals surface area (Å²) in [6.45, 7) is 4.97. The van der Waals surface area contributed by atoms with E-state index in [0.29, 0.717) is 5.82 Å². The third kappa shape index (κ3) is 5.26. The number of esters is 1. The van der Waals surface area contributed by atoms with E-state index in [1.807, 2.05) is 19.9 Å². The lowest BCUT2D eigenvalue weighted by Gasteiger charge is -2.14. The maximum absolute atomic E-state index is 12.7. The number of halogens is 1. The van der Waals surface area contributed by atoms with Crippen molar-refractivity contribution in [2.24, 2.45) is 0 Å². The number of methoxy groups -OCH3 is 1. The second-order valence-electron chi connectivity index (χ2n) is 7.02. The molecular weight excluding hydrogens is 454 g/mol. The molecule has 0 fully saturated rings. The fraction of sp³-hybridized carbons (Fsp3) is 0.238. The molecule has 3 rings (SSSR count). The second kappa shape index (κ2) is 9.65. The predicted octanol–water partition coefficient (Wildman–Crippen LogP) is 3.64. The first-order valence-electron chi connectivity index (χ1n) is 9.65. The highest BCUT2D eigenvalue weighted by atomic mass is 35.5. The van der Waals surface area contributed by atoms with Crippen molar-refractivity contribution in [2.45, 2.75) is 26.9 Å². The fourth-order valence-corrected chi connectivity index (χ4v) is 3.14. The Morgan fingerprint density at radius 1 is 1.21 bits per heavy atom. The van der Waals surface area contributed by atoms with Crippen LogP contribution in [0.1, 0.15) is 28.8 Å². The minimum absolute atomic E-state index is 0.0312. The topological polar surface area (TPSA) is 138 Å². The van der Waals surface area contributed by atoms with Crippen molar-refractivity contribution in [2.75, 3.05) is 12.4 Å². The molecule has 2 aromatic heterocycles.